The molecule has 70 valence electrons. The van der Waals surface area contributed by atoms with E-state index in [0.29, 0.717) is 10.3 Å². The summed E-state index contributed by atoms with van der Waals surface area (Å²) in [5.41, 5.74) is 0. The van der Waals surface area contributed by atoms with E-state index in [0.717, 1.165) is 0 Å². The Morgan fingerprint density at radius 3 is 0.909 bits per heavy atom. The maximum absolute atomic E-state index is 3.88. The zero-order chi connectivity index (χ0) is 9.50. The summed E-state index contributed by atoms with van der Waals surface area (Å²) in [4.78, 5) is 0. The molecule has 0 aromatic rings. The van der Waals surface area contributed by atoms with Crippen LogP contribution in [0, 0.1) is 0 Å². The third-order valence-corrected chi connectivity index (χ3v) is 19.9. The average Bonchev–Trinajstić information content (AvgIpc) is 1.58. The van der Waals surface area contributed by atoms with Crippen molar-refractivity contribution >= 4 is 35.6 Å². The van der Waals surface area contributed by atoms with Gasteiger partial charge in [-0.15, -0.1) is 0 Å². The van der Waals surface area contributed by atoms with Gasteiger partial charge in [-0.2, -0.15) is 0 Å². The van der Waals surface area contributed by atoms with Gasteiger partial charge in [0.2, 0.25) is 0 Å². The fourth-order valence-corrected chi connectivity index (χ4v) is 3.38. The number of rotatable bonds is 0. The van der Waals surface area contributed by atoms with Crippen molar-refractivity contribution in [3.05, 3.63) is 0 Å². The molecular formula is C8H19Br2P. The first-order valence-electron chi connectivity index (χ1n) is 3.88. The molecule has 0 radical (unpaired) electrons. The van der Waals surface area contributed by atoms with Crippen LogP contribution >= 0.6 is 35.6 Å². The molecule has 0 N–H and O–H groups in total. The quantitative estimate of drug-likeness (QED) is 0.555. The van der Waals surface area contributed by atoms with E-state index in [1.807, 2.05) is 0 Å². The average molecular weight is 306 g/mol. The third-order valence-electron chi connectivity index (χ3n) is 1.88. The molecule has 0 aliphatic carbocycles. The van der Waals surface area contributed by atoms with E-state index in [1.165, 1.54) is 0 Å². The Morgan fingerprint density at radius 2 is 0.909 bits per heavy atom. The predicted molar refractivity (Wildman–Crippen MR) is 65.7 cm³/mol. The Morgan fingerprint density at radius 1 is 0.727 bits per heavy atom. The zero-order valence-electron chi connectivity index (χ0n) is 8.26. The topological polar surface area (TPSA) is 0 Å². The minimum atomic E-state index is -1.48. The van der Waals surface area contributed by atoms with Gasteiger partial charge in [-0.05, 0) is 0 Å². The van der Waals surface area contributed by atoms with Crippen molar-refractivity contribution in [3.8, 4) is 0 Å². The van der Waals surface area contributed by atoms with Gasteiger partial charge in [0.15, 0.2) is 0 Å². The Kier molecular flexibility index (Phi) is 3.68. The first-order chi connectivity index (χ1) is 4.50. The molecule has 3 heteroatoms. The molecule has 0 saturated carbocycles. The van der Waals surface area contributed by atoms with Gasteiger partial charge in [0.25, 0.3) is 0 Å². The second-order valence-corrected chi connectivity index (χ2v) is 19.6. The van der Waals surface area contributed by atoms with Gasteiger partial charge in [-0.3, -0.25) is 0 Å². The molecule has 0 nitrogen and oxygen atoms in total. The summed E-state index contributed by atoms with van der Waals surface area (Å²) >= 11 is 7.76. The summed E-state index contributed by atoms with van der Waals surface area (Å²) in [6.45, 7) is 13.7. The van der Waals surface area contributed by atoms with Crippen LogP contribution in [0.25, 0.3) is 0 Å². The van der Waals surface area contributed by atoms with Crippen molar-refractivity contribution in [2.75, 3.05) is 0 Å². The molecule has 0 saturated heterocycles. The monoisotopic (exact) mass is 304 g/mol. The van der Waals surface area contributed by atoms with E-state index >= 15 is 0 Å². The molecule has 0 bridgehead atoms. The molecule has 11 heavy (non-hydrogen) atoms. The maximum atomic E-state index is 3.88. The summed E-state index contributed by atoms with van der Waals surface area (Å²) in [6.07, 6.45) is 0. The molecule has 0 amide bonds. The molecule has 0 aromatic carbocycles. The fraction of sp³-hybridized carbons (Fsp3) is 1.00. The molecule has 0 atom stereocenters. The van der Waals surface area contributed by atoms with Crippen LogP contribution in [0.1, 0.15) is 41.5 Å². The van der Waals surface area contributed by atoms with Crippen LogP contribution in [-0.4, -0.2) is 10.3 Å². The molecule has 0 aromatic heterocycles. The van der Waals surface area contributed by atoms with Crippen LogP contribution < -0.4 is 0 Å². The fourth-order valence-electron chi connectivity index (χ4n) is 1.12. The molecule has 0 unspecified atom stereocenters. The van der Waals surface area contributed by atoms with Gasteiger partial charge in [0, 0.05) is 0 Å². The number of halogens is 2. The van der Waals surface area contributed by atoms with Crippen molar-refractivity contribution in [2.24, 2.45) is 0 Å². The van der Waals surface area contributed by atoms with Crippen LogP contribution in [0.5, 0.6) is 0 Å². The summed E-state index contributed by atoms with van der Waals surface area (Å²) in [6, 6.07) is 0. The Labute approximate surface area is 87.3 Å². The Hall–Kier alpha value is 1.39. The summed E-state index contributed by atoms with van der Waals surface area (Å²) in [7, 11) is 0. The minimum absolute atomic E-state index is 0.352. The van der Waals surface area contributed by atoms with Gasteiger partial charge in [0.1, 0.15) is 0 Å². The molecule has 0 fully saturated rings. The van der Waals surface area contributed by atoms with Gasteiger partial charge >= 0.3 is 87.5 Å². The first kappa shape index (κ1) is 12.4. The summed E-state index contributed by atoms with van der Waals surface area (Å²) < 4.78 is -1.48. The zero-order valence-corrected chi connectivity index (χ0v) is 12.4. The number of hydrogen-bond acceptors (Lipinski definition) is 0. The Balaban J connectivity index is 4.75. The van der Waals surface area contributed by atoms with E-state index < -0.39 is 4.67 Å². The standard InChI is InChI=1S/C8H19Br2P/c1-7(2,3)11(9,10)8(4,5)6/h11H,1-6H3. The van der Waals surface area contributed by atoms with Crippen molar-refractivity contribution in [2.45, 2.75) is 51.9 Å². The van der Waals surface area contributed by atoms with Crippen molar-refractivity contribution in [1.29, 1.82) is 0 Å². The van der Waals surface area contributed by atoms with Crippen molar-refractivity contribution in [3.63, 3.8) is 0 Å². The predicted octanol–water partition coefficient (Wildman–Crippen LogP) is 4.95. The van der Waals surface area contributed by atoms with E-state index in [9.17, 15) is 0 Å². The second-order valence-electron chi connectivity index (χ2n) is 5.07. The van der Waals surface area contributed by atoms with Gasteiger partial charge in [-0.1, -0.05) is 0 Å². The van der Waals surface area contributed by atoms with Gasteiger partial charge in [0.05, 0.1) is 0 Å². The van der Waals surface area contributed by atoms with Crippen LogP contribution in [0.2, 0.25) is 0 Å². The van der Waals surface area contributed by atoms with Crippen LogP contribution in [0.4, 0.5) is 0 Å². The molecule has 0 aliphatic rings. The first-order valence-corrected chi connectivity index (χ1v) is 10.4. The Bertz CT molecular complexity index is 123. The van der Waals surface area contributed by atoms with Crippen molar-refractivity contribution < 1.29 is 0 Å². The molecule has 0 spiro atoms. The SMILES string of the molecule is CC(C)(C)[PH](Br)(Br)C(C)(C)C. The van der Waals surface area contributed by atoms with E-state index in [4.69, 9.17) is 0 Å². The van der Waals surface area contributed by atoms with E-state index in [-0.39, 0.29) is 0 Å². The van der Waals surface area contributed by atoms with Gasteiger partial charge < -0.3 is 0 Å². The molecule has 0 heterocycles. The van der Waals surface area contributed by atoms with Crippen LogP contribution in [0.3, 0.4) is 0 Å². The molecular weight excluding hydrogens is 287 g/mol. The van der Waals surface area contributed by atoms with Crippen LogP contribution in [0.15, 0.2) is 0 Å². The third kappa shape index (κ3) is 2.67. The van der Waals surface area contributed by atoms with Crippen molar-refractivity contribution in [1.82, 2.24) is 0 Å². The normalized spacial score (nSPS) is 16.7. The molecule has 0 aliphatic heterocycles. The van der Waals surface area contributed by atoms with E-state index in [2.05, 4.69) is 72.5 Å². The van der Waals surface area contributed by atoms with E-state index in [1.54, 1.807) is 0 Å². The van der Waals surface area contributed by atoms with Crippen LogP contribution in [-0.2, 0) is 0 Å². The second kappa shape index (κ2) is 3.27. The number of hydrogen-bond donors (Lipinski definition) is 0. The molecule has 0 rings (SSSR count). The van der Waals surface area contributed by atoms with Gasteiger partial charge in [-0.25, -0.2) is 0 Å². The summed E-state index contributed by atoms with van der Waals surface area (Å²) in [5, 5.41) is 0.705. The summed E-state index contributed by atoms with van der Waals surface area (Å²) in [5.74, 6) is 0.